The number of para-hydroxylation sites is 1. The van der Waals surface area contributed by atoms with E-state index in [1.807, 2.05) is 6.07 Å². The molecule has 1 heteroatoms. The highest BCUT2D eigenvalue weighted by Crippen LogP contribution is 2.36. The van der Waals surface area contributed by atoms with Gasteiger partial charge >= 0.3 is 0 Å². The van der Waals surface area contributed by atoms with Crippen LogP contribution < -0.4 is 4.74 Å². The molecule has 0 fully saturated rings. The van der Waals surface area contributed by atoms with Crippen molar-refractivity contribution in [3.8, 4) is 5.75 Å². The summed E-state index contributed by atoms with van der Waals surface area (Å²) in [6.07, 6.45) is 2.55. The second kappa shape index (κ2) is 4.04. The lowest BCUT2D eigenvalue weighted by molar-refractivity contribution is 0.318. The summed E-state index contributed by atoms with van der Waals surface area (Å²) in [4.78, 5) is 0. The van der Waals surface area contributed by atoms with Crippen LogP contribution in [0.5, 0.6) is 5.75 Å². The Bertz CT molecular complexity index is 304. The van der Waals surface area contributed by atoms with Crippen LogP contribution in [0.3, 0.4) is 0 Å². The molecule has 1 aromatic rings. The van der Waals surface area contributed by atoms with Crippen molar-refractivity contribution in [2.75, 3.05) is 6.61 Å². The first-order valence-corrected chi connectivity index (χ1v) is 5.49. The van der Waals surface area contributed by atoms with Gasteiger partial charge in [-0.15, -0.1) is 0 Å². The standard InChI is InChI=1S/C13H18O/c1-10(2)7-8-11-9-14-13-6-4-3-5-12(11)13/h3-6,10-11H,7-9H2,1-2H3. The van der Waals surface area contributed by atoms with Crippen LogP contribution in [-0.2, 0) is 0 Å². The fourth-order valence-electron chi connectivity index (χ4n) is 2.00. The summed E-state index contributed by atoms with van der Waals surface area (Å²) < 4.78 is 5.64. The van der Waals surface area contributed by atoms with E-state index in [1.54, 1.807) is 0 Å². The van der Waals surface area contributed by atoms with Crippen LogP contribution in [0.25, 0.3) is 0 Å². The van der Waals surface area contributed by atoms with Crippen molar-refractivity contribution in [1.29, 1.82) is 0 Å². The maximum absolute atomic E-state index is 5.64. The SMILES string of the molecule is CC(C)CCC1COc2ccccc21. The fourth-order valence-corrected chi connectivity index (χ4v) is 2.00. The predicted octanol–water partition coefficient (Wildman–Crippen LogP) is 3.60. The highest BCUT2D eigenvalue weighted by Gasteiger charge is 2.22. The van der Waals surface area contributed by atoms with E-state index < -0.39 is 0 Å². The molecule has 1 atom stereocenters. The lowest BCUT2D eigenvalue weighted by Crippen LogP contribution is -2.02. The zero-order chi connectivity index (χ0) is 9.97. The third-order valence-corrected chi connectivity index (χ3v) is 2.89. The van der Waals surface area contributed by atoms with Gasteiger partial charge in [-0.2, -0.15) is 0 Å². The predicted molar refractivity (Wildman–Crippen MR) is 58.8 cm³/mol. The number of rotatable bonds is 3. The van der Waals surface area contributed by atoms with Gasteiger partial charge in [0.05, 0.1) is 6.61 Å². The van der Waals surface area contributed by atoms with E-state index in [0.717, 1.165) is 18.3 Å². The largest absolute Gasteiger partial charge is 0.493 e. The third-order valence-electron chi connectivity index (χ3n) is 2.89. The van der Waals surface area contributed by atoms with Gasteiger partial charge in [-0.3, -0.25) is 0 Å². The highest BCUT2D eigenvalue weighted by molar-refractivity contribution is 5.39. The number of hydrogen-bond donors (Lipinski definition) is 0. The molecule has 0 N–H and O–H groups in total. The normalized spacial score (nSPS) is 19.5. The van der Waals surface area contributed by atoms with Crippen molar-refractivity contribution < 1.29 is 4.74 Å². The van der Waals surface area contributed by atoms with E-state index in [-0.39, 0.29) is 0 Å². The Morgan fingerprint density at radius 1 is 1.36 bits per heavy atom. The Hall–Kier alpha value is -0.980. The van der Waals surface area contributed by atoms with E-state index >= 15 is 0 Å². The maximum Gasteiger partial charge on any atom is 0.122 e. The summed E-state index contributed by atoms with van der Waals surface area (Å²) in [5.41, 5.74) is 1.41. The van der Waals surface area contributed by atoms with Crippen molar-refractivity contribution in [1.82, 2.24) is 0 Å². The van der Waals surface area contributed by atoms with Crippen LogP contribution in [0.15, 0.2) is 24.3 Å². The van der Waals surface area contributed by atoms with Gasteiger partial charge in [0.25, 0.3) is 0 Å². The molecule has 1 heterocycles. The summed E-state index contributed by atoms with van der Waals surface area (Å²) in [5, 5.41) is 0. The quantitative estimate of drug-likeness (QED) is 0.707. The van der Waals surface area contributed by atoms with E-state index in [1.165, 1.54) is 18.4 Å². The van der Waals surface area contributed by atoms with Gasteiger partial charge in [-0.05, 0) is 18.4 Å². The van der Waals surface area contributed by atoms with E-state index in [0.29, 0.717) is 5.92 Å². The van der Waals surface area contributed by atoms with Crippen LogP contribution in [0.4, 0.5) is 0 Å². The summed E-state index contributed by atoms with van der Waals surface area (Å²) in [7, 11) is 0. The molecule has 0 radical (unpaired) electrons. The summed E-state index contributed by atoms with van der Waals surface area (Å²) in [6, 6.07) is 8.43. The van der Waals surface area contributed by atoms with E-state index in [2.05, 4.69) is 32.0 Å². The molecule has 0 bridgehead atoms. The molecular weight excluding hydrogens is 172 g/mol. The smallest absolute Gasteiger partial charge is 0.122 e. The molecule has 76 valence electrons. The Balaban J connectivity index is 2.03. The Labute approximate surface area is 86.1 Å². The molecule has 1 aliphatic rings. The number of benzene rings is 1. The second-order valence-electron chi connectivity index (χ2n) is 4.52. The molecular formula is C13H18O. The van der Waals surface area contributed by atoms with Gasteiger partial charge in [-0.1, -0.05) is 38.5 Å². The van der Waals surface area contributed by atoms with Gasteiger partial charge in [0.1, 0.15) is 5.75 Å². The highest BCUT2D eigenvalue weighted by atomic mass is 16.5. The van der Waals surface area contributed by atoms with Gasteiger partial charge in [0.15, 0.2) is 0 Å². The molecule has 1 nitrogen and oxygen atoms in total. The Morgan fingerprint density at radius 3 is 2.93 bits per heavy atom. The lowest BCUT2D eigenvalue weighted by Gasteiger charge is -2.10. The van der Waals surface area contributed by atoms with Crippen molar-refractivity contribution in [3.05, 3.63) is 29.8 Å². The molecule has 2 rings (SSSR count). The van der Waals surface area contributed by atoms with Gasteiger partial charge in [-0.25, -0.2) is 0 Å². The monoisotopic (exact) mass is 190 g/mol. The molecule has 14 heavy (non-hydrogen) atoms. The van der Waals surface area contributed by atoms with Crippen LogP contribution in [0.2, 0.25) is 0 Å². The summed E-state index contributed by atoms with van der Waals surface area (Å²) in [5.74, 6) is 2.53. The molecule has 0 amide bonds. The van der Waals surface area contributed by atoms with Crippen LogP contribution in [0, 0.1) is 5.92 Å². The summed E-state index contributed by atoms with van der Waals surface area (Å²) in [6.45, 7) is 5.44. The molecule has 0 aromatic heterocycles. The average Bonchev–Trinajstić information content (AvgIpc) is 2.58. The number of hydrogen-bond acceptors (Lipinski definition) is 1. The average molecular weight is 190 g/mol. The number of ether oxygens (including phenoxy) is 1. The lowest BCUT2D eigenvalue weighted by atomic mass is 9.93. The minimum Gasteiger partial charge on any atom is -0.493 e. The molecule has 0 spiro atoms. The molecule has 1 aromatic carbocycles. The summed E-state index contributed by atoms with van der Waals surface area (Å²) >= 11 is 0. The first kappa shape index (κ1) is 9.57. The van der Waals surface area contributed by atoms with E-state index in [4.69, 9.17) is 4.74 Å². The molecule has 1 unspecified atom stereocenters. The third kappa shape index (κ3) is 1.92. The Morgan fingerprint density at radius 2 is 2.14 bits per heavy atom. The van der Waals surface area contributed by atoms with Crippen molar-refractivity contribution >= 4 is 0 Å². The van der Waals surface area contributed by atoms with Crippen LogP contribution in [-0.4, -0.2) is 6.61 Å². The zero-order valence-corrected chi connectivity index (χ0v) is 8.99. The minimum absolute atomic E-state index is 0.633. The van der Waals surface area contributed by atoms with Crippen molar-refractivity contribution in [2.45, 2.75) is 32.6 Å². The van der Waals surface area contributed by atoms with Gasteiger partial charge in [0.2, 0.25) is 0 Å². The van der Waals surface area contributed by atoms with Gasteiger partial charge in [0, 0.05) is 11.5 Å². The molecule has 0 aliphatic carbocycles. The van der Waals surface area contributed by atoms with E-state index in [9.17, 15) is 0 Å². The zero-order valence-electron chi connectivity index (χ0n) is 8.99. The Kier molecular flexibility index (Phi) is 2.76. The molecule has 0 saturated heterocycles. The van der Waals surface area contributed by atoms with Crippen LogP contribution in [0.1, 0.15) is 38.2 Å². The second-order valence-corrected chi connectivity index (χ2v) is 4.52. The molecule has 0 saturated carbocycles. The minimum atomic E-state index is 0.633. The first-order chi connectivity index (χ1) is 6.77. The topological polar surface area (TPSA) is 9.23 Å². The first-order valence-electron chi connectivity index (χ1n) is 5.49. The number of fused-ring (bicyclic) bond motifs is 1. The fraction of sp³-hybridized carbons (Fsp3) is 0.538. The van der Waals surface area contributed by atoms with Gasteiger partial charge < -0.3 is 4.74 Å². The molecule has 1 aliphatic heterocycles. The van der Waals surface area contributed by atoms with Crippen molar-refractivity contribution in [3.63, 3.8) is 0 Å². The van der Waals surface area contributed by atoms with Crippen molar-refractivity contribution in [2.24, 2.45) is 5.92 Å². The van der Waals surface area contributed by atoms with Crippen LogP contribution >= 0.6 is 0 Å². The maximum atomic E-state index is 5.64.